The monoisotopic (exact) mass is 168 g/mol. The van der Waals surface area contributed by atoms with E-state index in [1.807, 2.05) is 13.1 Å². The molecule has 4 nitrogen and oxygen atoms in total. The molecule has 0 radical (unpaired) electrons. The number of aldehydes is 2. The number of H-pyrrole nitrogens is 1. The third kappa shape index (κ3) is 4.38. The van der Waals surface area contributed by atoms with Crippen molar-refractivity contribution in [2.45, 2.75) is 20.3 Å². The van der Waals surface area contributed by atoms with E-state index in [0.29, 0.717) is 0 Å². The Morgan fingerprint density at radius 3 is 2.25 bits per heavy atom. The molecule has 66 valence electrons. The average molecular weight is 168 g/mol. The molecule has 0 amide bonds. The quantitative estimate of drug-likeness (QED) is 0.521. The van der Waals surface area contributed by atoms with Crippen LogP contribution in [0.25, 0.3) is 0 Å². The minimum atomic E-state index is 0.194. The minimum absolute atomic E-state index is 0.194. The summed E-state index contributed by atoms with van der Waals surface area (Å²) in [5.74, 6) is 1.07. The molecule has 0 aromatic carbocycles. The van der Waals surface area contributed by atoms with Crippen LogP contribution < -0.4 is 0 Å². The molecule has 0 aliphatic heterocycles. The summed E-state index contributed by atoms with van der Waals surface area (Å²) >= 11 is 0. The number of aryl methyl sites for hydroxylation is 2. The van der Waals surface area contributed by atoms with E-state index in [4.69, 9.17) is 9.59 Å². The lowest BCUT2D eigenvalue weighted by molar-refractivity contribution is -0.122. The van der Waals surface area contributed by atoms with Crippen LogP contribution in [0.15, 0.2) is 6.20 Å². The highest BCUT2D eigenvalue weighted by atomic mass is 16.2. The molecule has 1 aromatic heterocycles. The molecule has 0 aliphatic carbocycles. The van der Waals surface area contributed by atoms with Gasteiger partial charge < -0.3 is 4.98 Å². The van der Waals surface area contributed by atoms with Crippen LogP contribution in [-0.4, -0.2) is 22.5 Å². The van der Waals surface area contributed by atoms with Gasteiger partial charge in [0.05, 0.1) is 0 Å². The number of aromatic amines is 1. The number of nitrogens with zero attached hydrogens (tertiary/aromatic N) is 1. The Labute approximate surface area is 71.0 Å². The Kier molecular flexibility index (Phi) is 5.51. The van der Waals surface area contributed by atoms with Crippen molar-refractivity contribution < 1.29 is 9.59 Å². The van der Waals surface area contributed by atoms with Crippen LogP contribution in [0.2, 0.25) is 0 Å². The Morgan fingerprint density at radius 1 is 1.50 bits per heavy atom. The second-order valence-electron chi connectivity index (χ2n) is 2.14. The predicted octanol–water partition coefficient (Wildman–Crippen LogP) is 0.665. The third-order valence-corrected chi connectivity index (χ3v) is 1.15. The first kappa shape index (κ1) is 10.6. The molecule has 1 rings (SSSR count). The van der Waals surface area contributed by atoms with Gasteiger partial charge in [-0.15, -0.1) is 0 Å². The first-order valence-electron chi connectivity index (χ1n) is 3.64. The summed E-state index contributed by atoms with van der Waals surface area (Å²) in [6.07, 6.45) is 3.23. The second kappa shape index (κ2) is 6.27. The number of aromatic nitrogens is 2. The normalized spacial score (nSPS) is 8.17. The maximum Gasteiger partial charge on any atom is 0.182 e. The summed E-state index contributed by atoms with van der Waals surface area (Å²) in [6.45, 7) is 4.09. The summed E-state index contributed by atoms with van der Waals surface area (Å²) in [5.41, 5.74) is 1.14. The second-order valence-corrected chi connectivity index (χ2v) is 2.14. The van der Waals surface area contributed by atoms with E-state index in [2.05, 4.69) is 16.9 Å². The smallest absolute Gasteiger partial charge is 0.182 e. The van der Waals surface area contributed by atoms with E-state index >= 15 is 0 Å². The number of hydrogen-bond acceptors (Lipinski definition) is 3. The molecule has 0 aliphatic rings. The van der Waals surface area contributed by atoms with Crippen LogP contribution >= 0.6 is 0 Å². The van der Waals surface area contributed by atoms with Crippen LogP contribution in [-0.2, 0) is 16.0 Å². The zero-order valence-corrected chi connectivity index (χ0v) is 7.20. The van der Waals surface area contributed by atoms with Crippen molar-refractivity contribution in [1.29, 1.82) is 0 Å². The van der Waals surface area contributed by atoms with Gasteiger partial charge in [-0.1, -0.05) is 6.92 Å². The van der Waals surface area contributed by atoms with Crippen molar-refractivity contribution in [2.24, 2.45) is 0 Å². The number of imidazole rings is 1. The van der Waals surface area contributed by atoms with Gasteiger partial charge >= 0.3 is 0 Å². The molecule has 12 heavy (non-hydrogen) atoms. The van der Waals surface area contributed by atoms with Gasteiger partial charge in [-0.05, 0) is 6.92 Å². The number of rotatable bonds is 2. The maximum atomic E-state index is 8.81. The summed E-state index contributed by atoms with van der Waals surface area (Å²) < 4.78 is 0. The lowest BCUT2D eigenvalue weighted by Crippen LogP contribution is -1.80. The first-order chi connectivity index (χ1) is 5.74. The number of carbonyl (C=O) groups excluding carboxylic acids is 2. The molecule has 0 atom stereocenters. The van der Waals surface area contributed by atoms with E-state index in [0.717, 1.165) is 17.9 Å². The van der Waals surface area contributed by atoms with Gasteiger partial charge in [0.1, 0.15) is 5.82 Å². The Bertz CT molecular complexity index is 237. The standard InChI is InChI=1S/C6H10N2.C2H2O2/c1-3-6-7-4-5(2)8-6;3-1-2-4/h4H,3H2,1-2H3,(H,7,8);1-2H. The van der Waals surface area contributed by atoms with Crippen LogP contribution in [0, 0.1) is 6.92 Å². The molecule has 0 saturated heterocycles. The number of nitrogens with one attached hydrogen (secondary N) is 1. The summed E-state index contributed by atoms with van der Waals surface area (Å²) in [7, 11) is 0. The zero-order chi connectivity index (χ0) is 9.40. The minimum Gasteiger partial charge on any atom is -0.346 e. The van der Waals surface area contributed by atoms with Crippen LogP contribution in [0.3, 0.4) is 0 Å². The molecule has 0 bridgehead atoms. The average Bonchev–Trinajstić information content (AvgIpc) is 2.52. The SMILES string of the molecule is CCc1ncc(C)[nH]1.O=CC=O. The van der Waals surface area contributed by atoms with Crippen LogP contribution in [0.5, 0.6) is 0 Å². The highest BCUT2D eigenvalue weighted by Crippen LogP contribution is 1.93. The molecule has 0 unspecified atom stereocenters. The maximum absolute atomic E-state index is 8.81. The van der Waals surface area contributed by atoms with Crippen molar-refractivity contribution in [1.82, 2.24) is 9.97 Å². The van der Waals surface area contributed by atoms with Crippen molar-refractivity contribution in [3.63, 3.8) is 0 Å². The Balaban J connectivity index is 0.000000261. The number of hydrogen-bond donors (Lipinski definition) is 1. The van der Waals surface area contributed by atoms with Gasteiger partial charge in [-0.25, -0.2) is 4.98 Å². The van der Waals surface area contributed by atoms with Gasteiger partial charge in [-0.3, -0.25) is 9.59 Å². The van der Waals surface area contributed by atoms with E-state index < -0.39 is 0 Å². The first-order valence-corrected chi connectivity index (χ1v) is 3.64. The Hall–Kier alpha value is -1.45. The van der Waals surface area contributed by atoms with Gasteiger partial charge in [0.15, 0.2) is 12.6 Å². The number of carbonyl (C=O) groups is 2. The summed E-state index contributed by atoms with van der Waals surface area (Å²) in [4.78, 5) is 24.8. The fourth-order valence-corrected chi connectivity index (χ4v) is 0.647. The van der Waals surface area contributed by atoms with Gasteiger partial charge in [0, 0.05) is 18.3 Å². The fourth-order valence-electron chi connectivity index (χ4n) is 0.647. The fraction of sp³-hybridized carbons (Fsp3) is 0.375. The van der Waals surface area contributed by atoms with E-state index in [9.17, 15) is 0 Å². The predicted molar refractivity (Wildman–Crippen MR) is 44.8 cm³/mol. The van der Waals surface area contributed by atoms with Crippen molar-refractivity contribution in [3.05, 3.63) is 17.7 Å². The molecule has 1 aromatic rings. The van der Waals surface area contributed by atoms with Gasteiger partial charge in [0.25, 0.3) is 0 Å². The molecule has 4 heteroatoms. The largest absolute Gasteiger partial charge is 0.346 e. The zero-order valence-electron chi connectivity index (χ0n) is 7.20. The van der Waals surface area contributed by atoms with Crippen molar-refractivity contribution in [2.75, 3.05) is 0 Å². The van der Waals surface area contributed by atoms with E-state index in [-0.39, 0.29) is 12.6 Å². The van der Waals surface area contributed by atoms with Crippen molar-refractivity contribution in [3.8, 4) is 0 Å². The van der Waals surface area contributed by atoms with E-state index in [1.54, 1.807) is 0 Å². The molecule has 0 fully saturated rings. The molecule has 0 spiro atoms. The lowest BCUT2D eigenvalue weighted by atomic mass is 10.5. The molecule has 1 N–H and O–H groups in total. The third-order valence-electron chi connectivity index (χ3n) is 1.15. The Morgan fingerprint density at radius 2 is 2.08 bits per heavy atom. The molecule has 1 heterocycles. The molecule has 0 saturated carbocycles. The highest BCUT2D eigenvalue weighted by molar-refractivity contribution is 6.09. The highest BCUT2D eigenvalue weighted by Gasteiger charge is 1.89. The summed E-state index contributed by atoms with van der Waals surface area (Å²) in [6, 6.07) is 0. The molecular formula is C8H12N2O2. The van der Waals surface area contributed by atoms with Gasteiger partial charge in [-0.2, -0.15) is 0 Å². The summed E-state index contributed by atoms with van der Waals surface area (Å²) in [5, 5.41) is 0. The molecular weight excluding hydrogens is 156 g/mol. The van der Waals surface area contributed by atoms with Gasteiger partial charge in [0.2, 0.25) is 0 Å². The lowest BCUT2D eigenvalue weighted by Gasteiger charge is -1.82. The van der Waals surface area contributed by atoms with Crippen LogP contribution in [0.4, 0.5) is 0 Å². The topological polar surface area (TPSA) is 62.8 Å². The van der Waals surface area contributed by atoms with Crippen LogP contribution in [0.1, 0.15) is 18.4 Å². The van der Waals surface area contributed by atoms with E-state index in [1.165, 1.54) is 0 Å². The van der Waals surface area contributed by atoms with Crippen molar-refractivity contribution >= 4 is 12.6 Å².